The van der Waals surface area contributed by atoms with E-state index in [1.54, 1.807) is 0 Å². The molecular formula is C31H36N2+2. The van der Waals surface area contributed by atoms with E-state index in [4.69, 9.17) is 0 Å². The highest BCUT2D eigenvalue weighted by Crippen LogP contribution is 2.29. The molecule has 0 amide bonds. The molecule has 0 aliphatic rings. The highest BCUT2D eigenvalue weighted by molar-refractivity contribution is 5.67. The molecule has 0 spiro atoms. The van der Waals surface area contributed by atoms with Gasteiger partial charge in [0.1, 0.15) is 14.1 Å². The first kappa shape index (κ1) is 22.9. The summed E-state index contributed by atoms with van der Waals surface area (Å²) >= 11 is 0. The second-order valence-electron chi connectivity index (χ2n) is 9.59. The largest absolute Gasteiger partial charge is 0.215 e. The average molecular weight is 437 g/mol. The number of rotatable bonds is 4. The molecule has 0 radical (unpaired) electrons. The Kier molecular flexibility index (Phi) is 6.21. The first-order chi connectivity index (χ1) is 15.7. The topological polar surface area (TPSA) is 7.76 Å². The van der Waals surface area contributed by atoms with E-state index in [1.165, 1.54) is 67.0 Å². The molecule has 4 rings (SSSR count). The van der Waals surface area contributed by atoms with Crippen LogP contribution < -0.4 is 9.13 Å². The van der Waals surface area contributed by atoms with Gasteiger partial charge in [-0.3, -0.25) is 0 Å². The van der Waals surface area contributed by atoms with E-state index in [1.807, 2.05) is 0 Å². The van der Waals surface area contributed by atoms with Crippen molar-refractivity contribution in [3.63, 3.8) is 0 Å². The quantitative estimate of drug-likeness (QED) is 0.341. The van der Waals surface area contributed by atoms with E-state index in [0.29, 0.717) is 0 Å². The standard InChI is InChI=1S/C31H36N2/c1-20-15-16-32(7)30(23(20)4)29-14-13-26(17-22(29)3)18-27-19-33(8)31(25(6)24(27)5)28-12-10-9-11-21(28)2/h9-17,19H,18H2,1-8H3/q+2. The maximum atomic E-state index is 2.36. The summed E-state index contributed by atoms with van der Waals surface area (Å²) in [4.78, 5) is 0. The number of pyridine rings is 2. The monoisotopic (exact) mass is 436 g/mol. The number of benzene rings is 2. The summed E-state index contributed by atoms with van der Waals surface area (Å²) in [6.07, 6.45) is 5.42. The molecule has 2 nitrogen and oxygen atoms in total. The van der Waals surface area contributed by atoms with Gasteiger partial charge in [-0.05, 0) is 81.5 Å². The van der Waals surface area contributed by atoms with E-state index in [0.717, 1.165) is 6.42 Å². The molecule has 0 unspecified atom stereocenters. The summed E-state index contributed by atoms with van der Waals surface area (Å²) in [5.74, 6) is 0. The summed E-state index contributed by atoms with van der Waals surface area (Å²) in [5.41, 5.74) is 16.1. The van der Waals surface area contributed by atoms with Gasteiger partial charge in [0.15, 0.2) is 12.4 Å². The lowest BCUT2D eigenvalue weighted by molar-refractivity contribution is -0.661. The molecule has 0 aliphatic carbocycles. The predicted octanol–water partition coefficient (Wildman–Crippen LogP) is 6.11. The van der Waals surface area contributed by atoms with Crippen LogP contribution in [0.4, 0.5) is 0 Å². The Bertz CT molecular complexity index is 1360. The second kappa shape index (κ2) is 8.94. The maximum absolute atomic E-state index is 2.36. The Morgan fingerprint density at radius 2 is 1.27 bits per heavy atom. The normalized spacial score (nSPS) is 11.2. The lowest BCUT2D eigenvalue weighted by atomic mass is 9.92. The predicted molar refractivity (Wildman–Crippen MR) is 137 cm³/mol. The van der Waals surface area contributed by atoms with Gasteiger partial charge in [-0.2, -0.15) is 0 Å². The van der Waals surface area contributed by atoms with Crippen molar-refractivity contribution >= 4 is 0 Å². The van der Waals surface area contributed by atoms with Gasteiger partial charge in [0.2, 0.25) is 11.4 Å². The summed E-state index contributed by atoms with van der Waals surface area (Å²) in [6, 6.07) is 17.8. The van der Waals surface area contributed by atoms with Crippen LogP contribution in [0.2, 0.25) is 0 Å². The summed E-state index contributed by atoms with van der Waals surface area (Å²) in [7, 11) is 4.31. The van der Waals surface area contributed by atoms with Crippen molar-refractivity contribution in [2.45, 2.75) is 48.0 Å². The first-order valence-corrected chi connectivity index (χ1v) is 11.8. The third-order valence-corrected chi connectivity index (χ3v) is 7.29. The summed E-state index contributed by atoms with van der Waals surface area (Å²) in [6.45, 7) is 13.4. The molecule has 2 heteroatoms. The van der Waals surface area contributed by atoms with Crippen molar-refractivity contribution in [1.82, 2.24) is 0 Å². The molecule has 4 aromatic rings. The van der Waals surface area contributed by atoms with Gasteiger partial charge < -0.3 is 0 Å². The molecule has 0 atom stereocenters. The fourth-order valence-corrected chi connectivity index (χ4v) is 5.07. The van der Waals surface area contributed by atoms with Crippen molar-refractivity contribution in [2.24, 2.45) is 14.1 Å². The van der Waals surface area contributed by atoms with Crippen LogP contribution in [0.15, 0.2) is 60.9 Å². The number of hydrogen-bond donors (Lipinski definition) is 0. The molecule has 2 aromatic heterocycles. The third-order valence-electron chi connectivity index (χ3n) is 7.29. The molecule has 33 heavy (non-hydrogen) atoms. The van der Waals surface area contributed by atoms with E-state index in [2.05, 4.69) is 126 Å². The highest BCUT2D eigenvalue weighted by Gasteiger charge is 2.21. The molecule has 0 aliphatic heterocycles. The van der Waals surface area contributed by atoms with Crippen LogP contribution in [-0.2, 0) is 20.5 Å². The minimum atomic E-state index is 0.939. The number of aryl methyl sites for hydroxylation is 5. The third kappa shape index (κ3) is 4.23. The Balaban J connectivity index is 1.72. The Hall–Kier alpha value is -3.26. The van der Waals surface area contributed by atoms with Gasteiger partial charge in [0.05, 0.1) is 0 Å². The molecule has 0 bridgehead atoms. The molecule has 0 saturated carbocycles. The van der Waals surface area contributed by atoms with E-state index < -0.39 is 0 Å². The molecular weight excluding hydrogens is 400 g/mol. The van der Waals surface area contributed by atoms with Gasteiger partial charge in [0, 0.05) is 40.3 Å². The first-order valence-electron chi connectivity index (χ1n) is 11.8. The van der Waals surface area contributed by atoms with E-state index in [-0.39, 0.29) is 0 Å². The van der Waals surface area contributed by atoms with Gasteiger partial charge in [-0.25, -0.2) is 9.13 Å². The minimum absolute atomic E-state index is 0.939. The number of aromatic nitrogens is 2. The Morgan fingerprint density at radius 3 is 1.97 bits per heavy atom. The SMILES string of the molecule is Cc1cc(Cc2c[n+](C)c(-c3ccccc3C)c(C)c2C)ccc1-c1c(C)c(C)cc[n+]1C. The summed E-state index contributed by atoms with van der Waals surface area (Å²) in [5, 5.41) is 0. The van der Waals surface area contributed by atoms with Crippen LogP contribution in [0.1, 0.15) is 44.5 Å². The number of nitrogens with zero attached hydrogens (tertiary/aromatic N) is 2. The van der Waals surface area contributed by atoms with Gasteiger partial charge >= 0.3 is 0 Å². The zero-order valence-electron chi connectivity index (χ0n) is 21.4. The Labute approximate surface area is 199 Å². The van der Waals surface area contributed by atoms with Crippen molar-refractivity contribution in [2.75, 3.05) is 0 Å². The second-order valence-corrected chi connectivity index (χ2v) is 9.59. The van der Waals surface area contributed by atoms with Crippen molar-refractivity contribution in [1.29, 1.82) is 0 Å². The maximum Gasteiger partial charge on any atom is 0.215 e. The van der Waals surface area contributed by atoms with Crippen LogP contribution in [0, 0.1) is 41.5 Å². The van der Waals surface area contributed by atoms with Gasteiger partial charge in [0.25, 0.3) is 0 Å². The van der Waals surface area contributed by atoms with Crippen molar-refractivity contribution in [3.8, 4) is 22.5 Å². The van der Waals surface area contributed by atoms with Gasteiger partial charge in [-0.15, -0.1) is 0 Å². The lowest BCUT2D eigenvalue weighted by Gasteiger charge is -2.14. The highest BCUT2D eigenvalue weighted by atomic mass is 14.9. The van der Waals surface area contributed by atoms with Gasteiger partial charge in [-0.1, -0.05) is 30.3 Å². The van der Waals surface area contributed by atoms with Crippen molar-refractivity contribution < 1.29 is 9.13 Å². The molecule has 0 saturated heterocycles. The van der Waals surface area contributed by atoms with Crippen LogP contribution in [0.25, 0.3) is 22.5 Å². The average Bonchev–Trinajstić information content (AvgIpc) is 2.77. The smallest absolute Gasteiger partial charge is 0.201 e. The fraction of sp³-hybridized carbons (Fsp3) is 0.290. The van der Waals surface area contributed by atoms with E-state index >= 15 is 0 Å². The van der Waals surface area contributed by atoms with Crippen molar-refractivity contribution in [3.05, 3.63) is 105 Å². The lowest BCUT2D eigenvalue weighted by Crippen LogP contribution is -2.33. The molecule has 0 N–H and O–H groups in total. The molecule has 2 heterocycles. The zero-order valence-corrected chi connectivity index (χ0v) is 21.4. The van der Waals surface area contributed by atoms with Crippen LogP contribution in [-0.4, -0.2) is 0 Å². The fourth-order valence-electron chi connectivity index (χ4n) is 5.07. The zero-order chi connectivity index (χ0) is 23.9. The van der Waals surface area contributed by atoms with Crippen LogP contribution in [0.5, 0.6) is 0 Å². The molecule has 168 valence electrons. The summed E-state index contributed by atoms with van der Waals surface area (Å²) < 4.78 is 4.54. The minimum Gasteiger partial charge on any atom is -0.201 e. The number of hydrogen-bond acceptors (Lipinski definition) is 0. The van der Waals surface area contributed by atoms with Crippen LogP contribution >= 0.6 is 0 Å². The Morgan fingerprint density at radius 1 is 0.606 bits per heavy atom. The van der Waals surface area contributed by atoms with Crippen LogP contribution in [0.3, 0.4) is 0 Å². The molecule has 0 fully saturated rings. The van der Waals surface area contributed by atoms with E-state index in [9.17, 15) is 0 Å². The molecule has 2 aromatic carbocycles.